The van der Waals surface area contributed by atoms with Crippen molar-refractivity contribution in [1.82, 2.24) is 0 Å². The maximum atomic E-state index is 12.4. The topological polar surface area (TPSA) is 41.6 Å². The smallest absolute Gasteiger partial charge is 0.257 e. The zero-order valence-electron chi connectivity index (χ0n) is 12.7. The number of hydrogen-bond acceptors (Lipinski definition) is 3. The Morgan fingerprint density at radius 2 is 1.88 bits per heavy atom. The van der Waals surface area contributed by atoms with Crippen molar-refractivity contribution in [2.45, 2.75) is 0 Å². The second-order valence-corrected chi connectivity index (χ2v) is 7.52. The summed E-state index contributed by atoms with van der Waals surface area (Å²) in [6.45, 7) is 3.18. The molecule has 1 saturated heterocycles. The highest BCUT2D eigenvalue weighted by Gasteiger charge is 2.16. The first-order valence-electron chi connectivity index (χ1n) is 7.43. The van der Waals surface area contributed by atoms with E-state index in [4.69, 9.17) is 16.3 Å². The lowest BCUT2D eigenvalue weighted by Gasteiger charge is -2.29. The van der Waals surface area contributed by atoms with Crippen LogP contribution in [0.25, 0.3) is 0 Å². The minimum atomic E-state index is -0.243. The number of benzene rings is 2. The van der Waals surface area contributed by atoms with Crippen molar-refractivity contribution in [3.05, 3.63) is 55.9 Å². The first kappa shape index (κ1) is 17.7. The van der Waals surface area contributed by atoms with Crippen LogP contribution >= 0.6 is 43.5 Å². The van der Waals surface area contributed by atoms with Crippen LogP contribution in [0.15, 0.2) is 45.3 Å². The largest absolute Gasteiger partial charge is 0.378 e. The molecular weight excluding hydrogens is 459 g/mol. The molecule has 2 aromatic rings. The van der Waals surface area contributed by atoms with E-state index in [0.717, 1.165) is 40.9 Å². The maximum absolute atomic E-state index is 12.4. The van der Waals surface area contributed by atoms with Crippen molar-refractivity contribution in [3.8, 4) is 0 Å². The molecule has 1 N–H and O–H groups in total. The number of hydrogen-bond donors (Lipinski definition) is 1. The molecule has 2 aromatic carbocycles. The van der Waals surface area contributed by atoms with E-state index in [1.54, 1.807) is 18.2 Å². The summed E-state index contributed by atoms with van der Waals surface area (Å²) in [5, 5.41) is 3.30. The number of rotatable bonds is 3. The third-order valence-corrected chi connectivity index (χ3v) is 5.19. The number of morpholine rings is 1. The predicted molar refractivity (Wildman–Crippen MR) is 104 cm³/mol. The molecule has 0 bridgehead atoms. The molecule has 1 amide bonds. The minimum absolute atomic E-state index is 0.243. The summed E-state index contributed by atoms with van der Waals surface area (Å²) in [5.41, 5.74) is 2.23. The third-order valence-electron chi connectivity index (χ3n) is 3.73. The Morgan fingerprint density at radius 3 is 2.58 bits per heavy atom. The Labute approximate surface area is 162 Å². The van der Waals surface area contributed by atoms with Gasteiger partial charge in [-0.3, -0.25) is 4.79 Å². The van der Waals surface area contributed by atoms with E-state index in [0.29, 0.717) is 16.3 Å². The molecule has 0 unspecified atom stereocenters. The van der Waals surface area contributed by atoms with E-state index in [-0.39, 0.29) is 5.91 Å². The summed E-state index contributed by atoms with van der Waals surface area (Å²) < 4.78 is 7.12. The zero-order chi connectivity index (χ0) is 17.1. The standard InChI is InChI=1S/C17H15Br2ClN2O2/c18-11-1-3-15(20)13(9-11)17(23)21-12-2-4-16(14(19)10-12)22-5-7-24-8-6-22/h1-4,9-10H,5-8H2,(H,21,23). The number of halogens is 3. The SMILES string of the molecule is O=C(Nc1ccc(N2CCOCC2)c(Br)c1)c1cc(Br)ccc1Cl. The van der Waals surface area contributed by atoms with E-state index in [9.17, 15) is 4.79 Å². The monoisotopic (exact) mass is 472 g/mol. The molecule has 0 spiro atoms. The van der Waals surface area contributed by atoms with Gasteiger partial charge in [0, 0.05) is 27.7 Å². The Morgan fingerprint density at radius 1 is 1.12 bits per heavy atom. The molecule has 1 aliphatic heterocycles. The van der Waals surface area contributed by atoms with Crippen LogP contribution in [0, 0.1) is 0 Å². The van der Waals surface area contributed by atoms with E-state index >= 15 is 0 Å². The molecule has 0 aliphatic carbocycles. The number of ether oxygens (including phenoxy) is 1. The summed E-state index contributed by atoms with van der Waals surface area (Å²) in [6, 6.07) is 11.0. The number of carbonyl (C=O) groups excluding carboxylic acids is 1. The summed E-state index contributed by atoms with van der Waals surface area (Å²) in [6.07, 6.45) is 0. The van der Waals surface area contributed by atoms with Crippen molar-refractivity contribution in [2.24, 2.45) is 0 Å². The molecule has 0 saturated carbocycles. The van der Waals surface area contributed by atoms with Gasteiger partial charge in [-0.05, 0) is 52.3 Å². The van der Waals surface area contributed by atoms with Gasteiger partial charge in [-0.1, -0.05) is 27.5 Å². The normalized spacial score (nSPS) is 14.5. The minimum Gasteiger partial charge on any atom is -0.378 e. The van der Waals surface area contributed by atoms with Gasteiger partial charge in [0.25, 0.3) is 5.91 Å². The Bertz CT molecular complexity index is 764. The first-order chi connectivity index (χ1) is 11.5. The number of carbonyl (C=O) groups is 1. The summed E-state index contributed by atoms with van der Waals surface area (Å²) in [5.74, 6) is -0.243. The van der Waals surface area contributed by atoms with Crippen LogP contribution in [-0.4, -0.2) is 32.2 Å². The fraction of sp³-hybridized carbons (Fsp3) is 0.235. The number of nitrogens with zero attached hydrogens (tertiary/aromatic N) is 1. The molecule has 0 aromatic heterocycles. The molecule has 7 heteroatoms. The molecule has 24 heavy (non-hydrogen) atoms. The van der Waals surface area contributed by atoms with Gasteiger partial charge in [0.2, 0.25) is 0 Å². The van der Waals surface area contributed by atoms with Gasteiger partial charge in [0.15, 0.2) is 0 Å². The Balaban J connectivity index is 1.77. The summed E-state index contributed by atoms with van der Waals surface area (Å²) in [7, 11) is 0. The third kappa shape index (κ3) is 4.11. The van der Waals surface area contributed by atoms with Crippen molar-refractivity contribution in [2.75, 3.05) is 36.5 Å². The average molecular weight is 475 g/mol. The molecule has 0 radical (unpaired) electrons. The molecule has 126 valence electrons. The molecule has 4 nitrogen and oxygen atoms in total. The van der Waals surface area contributed by atoms with E-state index < -0.39 is 0 Å². The molecule has 0 atom stereocenters. The lowest BCUT2D eigenvalue weighted by molar-refractivity contribution is 0.102. The van der Waals surface area contributed by atoms with E-state index in [1.165, 1.54) is 0 Å². The predicted octanol–water partition coefficient (Wildman–Crippen LogP) is 4.95. The van der Waals surface area contributed by atoms with Crippen molar-refractivity contribution in [1.29, 1.82) is 0 Å². The molecule has 1 fully saturated rings. The van der Waals surface area contributed by atoms with Crippen molar-refractivity contribution in [3.63, 3.8) is 0 Å². The average Bonchev–Trinajstić information content (AvgIpc) is 2.58. The summed E-state index contributed by atoms with van der Waals surface area (Å²) in [4.78, 5) is 14.7. The molecule has 1 aliphatic rings. The van der Waals surface area contributed by atoms with Gasteiger partial charge in [0.1, 0.15) is 0 Å². The lowest BCUT2D eigenvalue weighted by Crippen LogP contribution is -2.36. The van der Waals surface area contributed by atoms with Gasteiger partial charge >= 0.3 is 0 Å². The highest BCUT2D eigenvalue weighted by molar-refractivity contribution is 9.10. The molecule has 3 rings (SSSR count). The van der Waals surface area contributed by atoms with Gasteiger partial charge in [-0.2, -0.15) is 0 Å². The van der Waals surface area contributed by atoms with E-state index in [2.05, 4.69) is 42.1 Å². The van der Waals surface area contributed by atoms with Crippen LogP contribution in [0.3, 0.4) is 0 Å². The fourth-order valence-electron chi connectivity index (χ4n) is 2.52. The highest BCUT2D eigenvalue weighted by Crippen LogP contribution is 2.30. The quantitative estimate of drug-likeness (QED) is 0.684. The number of anilines is 2. The number of amides is 1. The highest BCUT2D eigenvalue weighted by atomic mass is 79.9. The van der Waals surface area contributed by atoms with Crippen molar-refractivity contribution >= 4 is 60.7 Å². The van der Waals surface area contributed by atoms with Crippen molar-refractivity contribution < 1.29 is 9.53 Å². The lowest BCUT2D eigenvalue weighted by atomic mass is 10.2. The van der Waals surface area contributed by atoms with Crippen LogP contribution in [0.2, 0.25) is 5.02 Å². The van der Waals surface area contributed by atoms with Gasteiger partial charge in [-0.15, -0.1) is 0 Å². The molecule has 1 heterocycles. The first-order valence-corrected chi connectivity index (χ1v) is 9.39. The van der Waals surface area contributed by atoms with Crippen LogP contribution in [-0.2, 0) is 4.74 Å². The van der Waals surface area contributed by atoms with Crippen LogP contribution < -0.4 is 10.2 Å². The van der Waals surface area contributed by atoms with E-state index in [1.807, 2.05) is 18.2 Å². The number of nitrogens with one attached hydrogen (secondary N) is 1. The van der Waals surface area contributed by atoms with Crippen LogP contribution in [0.4, 0.5) is 11.4 Å². The summed E-state index contributed by atoms with van der Waals surface area (Å²) >= 11 is 13.0. The van der Waals surface area contributed by atoms with Gasteiger partial charge < -0.3 is 15.0 Å². The van der Waals surface area contributed by atoms with Gasteiger partial charge in [0.05, 0.1) is 29.5 Å². The van der Waals surface area contributed by atoms with Gasteiger partial charge in [-0.25, -0.2) is 0 Å². The zero-order valence-corrected chi connectivity index (χ0v) is 16.6. The Hall–Kier alpha value is -1.08. The maximum Gasteiger partial charge on any atom is 0.257 e. The second kappa shape index (κ2) is 7.87. The Kier molecular flexibility index (Phi) is 5.81. The van der Waals surface area contributed by atoms with Crippen LogP contribution in [0.5, 0.6) is 0 Å². The molecular formula is C17H15Br2ClN2O2. The fourth-order valence-corrected chi connectivity index (χ4v) is 3.71. The second-order valence-electron chi connectivity index (χ2n) is 5.34. The van der Waals surface area contributed by atoms with Crippen LogP contribution in [0.1, 0.15) is 10.4 Å².